The number of fused-ring (bicyclic) bond motifs is 5. The maximum Gasteiger partial charge on any atom is 0.0273 e. The normalized spacial score (nSPS) is 45.2. The molecule has 0 spiro atoms. The monoisotopic (exact) mass is 378 g/mol. The summed E-state index contributed by atoms with van der Waals surface area (Å²) in [5.74, 6) is 3.70. The largest absolute Gasteiger partial charge is 0.306 e. The molecule has 7 atom stereocenters. The van der Waals surface area contributed by atoms with Gasteiger partial charge in [0.2, 0.25) is 0 Å². The Bertz CT molecular complexity index is 753. The van der Waals surface area contributed by atoms with Crippen LogP contribution in [0.2, 0.25) is 0 Å². The summed E-state index contributed by atoms with van der Waals surface area (Å²) in [6, 6.07) is 5.27. The maximum absolute atomic E-state index is 4.25. The highest BCUT2D eigenvalue weighted by molar-refractivity contribution is 5.72. The van der Waals surface area contributed by atoms with Gasteiger partial charge in [-0.15, -0.1) is 0 Å². The van der Waals surface area contributed by atoms with Gasteiger partial charge in [0.15, 0.2) is 0 Å². The van der Waals surface area contributed by atoms with Crippen LogP contribution in [0.4, 0.5) is 0 Å². The molecule has 1 aromatic rings. The highest BCUT2D eigenvalue weighted by Gasteiger charge is 2.58. The molecule has 3 fully saturated rings. The van der Waals surface area contributed by atoms with Crippen LogP contribution in [0.1, 0.15) is 70.8 Å². The molecule has 0 amide bonds. The topological polar surface area (TPSA) is 16.1 Å². The van der Waals surface area contributed by atoms with E-state index in [0.29, 0.717) is 10.8 Å². The summed E-state index contributed by atoms with van der Waals surface area (Å²) < 4.78 is 0. The van der Waals surface area contributed by atoms with Gasteiger partial charge in [-0.2, -0.15) is 0 Å². The van der Waals surface area contributed by atoms with Crippen molar-refractivity contribution < 1.29 is 0 Å². The predicted octanol–water partition coefficient (Wildman–Crippen LogP) is 6.05. The van der Waals surface area contributed by atoms with Crippen LogP contribution in [0.3, 0.4) is 0 Å². The first kappa shape index (κ1) is 18.9. The molecule has 5 rings (SSSR count). The molecular formula is C26H38N2. The second-order valence-electron chi connectivity index (χ2n) is 11.1. The fraction of sp³-hybridized carbons (Fsp3) is 0.731. The lowest BCUT2D eigenvalue weighted by Crippen LogP contribution is -2.54. The zero-order valence-electron chi connectivity index (χ0n) is 18.3. The summed E-state index contributed by atoms with van der Waals surface area (Å²) in [5, 5.41) is 0. The Labute approximate surface area is 171 Å². The second kappa shape index (κ2) is 6.69. The van der Waals surface area contributed by atoms with E-state index in [9.17, 15) is 0 Å². The van der Waals surface area contributed by atoms with Crippen LogP contribution in [0, 0.1) is 34.5 Å². The first-order chi connectivity index (χ1) is 13.4. The Hall–Kier alpha value is -1.15. The number of allylic oxidation sites excluding steroid dienone is 2. The average molecular weight is 379 g/mol. The third-order valence-electron chi connectivity index (χ3n) is 9.94. The Morgan fingerprint density at radius 3 is 2.50 bits per heavy atom. The Morgan fingerprint density at radius 2 is 1.75 bits per heavy atom. The average Bonchev–Trinajstić information content (AvgIpc) is 3.05. The zero-order valence-corrected chi connectivity index (χ0v) is 18.3. The highest BCUT2D eigenvalue weighted by atomic mass is 15.1. The van der Waals surface area contributed by atoms with E-state index in [1.54, 1.807) is 5.57 Å². The van der Waals surface area contributed by atoms with Gasteiger partial charge in [0.25, 0.3) is 0 Å². The van der Waals surface area contributed by atoms with E-state index < -0.39 is 0 Å². The minimum absolute atomic E-state index is 0.382. The molecule has 0 unspecified atom stereocenters. The number of aromatic nitrogens is 1. The Kier molecular flexibility index (Phi) is 4.50. The van der Waals surface area contributed by atoms with Crippen molar-refractivity contribution in [1.29, 1.82) is 0 Å². The van der Waals surface area contributed by atoms with E-state index in [1.165, 1.54) is 56.9 Å². The van der Waals surface area contributed by atoms with Crippen LogP contribution in [-0.2, 0) is 0 Å². The molecule has 0 aliphatic heterocycles. The second-order valence-corrected chi connectivity index (χ2v) is 11.1. The Morgan fingerprint density at radius 1 is 0.964 bits per heavy atom. The molecule has 152 valence electrons. The molecule has 0 bridgehead atoms. The minimum atomic E-state index is 0.382. The number of hydrogen-bond acceptors (Lipinski definition) is 2. The van der Waals surface area contributed by atoms with E-state index in [0.717, 1.165) is 29.7 Å². The maximum atomic E-state index is 4.25. The summed E-state index contributed by atoms with van der Waals surface area (Å²) in [6.07, 6.45) is 17.9. The molecular weight excluding hydrogens is 340 g/mol. The van der Waals surface area contributed by atoms with Crippen molar-refractivity contribution in [3.63, 3.8) is 0 Å². The van der Waals surface area contributed by atoms with Crippen molar-refractivity contribution in [2.24, 2.45) is 34.5 Å². The SMILES string of the molecule is CN(C)[C@@H]1CC[C@@]2(C)[C@@H](CC[C@@H]3[C@@H]2CC[C@]2(C)C(c4ccncc4)=CC[C@@H]32)C1. The smallest absolute Gasteiger partial charge is 0.0273 e. The van der Waals surface area contributed by atoms with Gasteiger partial charge < -0.3 is 4.90 Å². The van der Waals surface area contributed by atoms with Crippen LogP contribution in [0.5, 0.6) is 0 Å². The molecule has 0 saturated heterocycles. The van der Waals surface area contributed by atoms with Gasteiger partial charge in [0, 0.05) is 18.4 Å². The van der Waals surface area contributed by atoms with E-state index in [-0.39, 0.29) is 0 Å². The molecule has 3 saturated carbocycles. The minimum Gasteiger partial charge on any atom is -0.306 e. The molecule has 0 aromatic carbocycles. The first-order valence-electron chi connectivity index (χ1n) is 11.7. The standard InChI is InChI=1S/C26H38N2/c1-25-13-9-20(28(3)4)17-19(25)5-6-21-23-8-7-22(18-11-15-27-16-12-18)26(23,2)14-10-24(21)25/h7,11-12,15-16,19-21,23-24H,5-6,8-10,13-14,17H2,1-4H3/t19-,20+,21-,23-,24-,25-,26+/m0/s1. The van der Waals surface area contributed by atoms with Crippen LogP contribution in [-0.4, -0.2) is 30.0 Å². The van der Waals surface area contributed by atoms with Gasteiger partial charge in [0.1, 0.15) is 0 Å². The van der Waals surface area contributed by atoms with Gasteiger partial charge in [-0.05, 0) is 123 Å². The quantitative estimate of drug-likeness (QED) is 0.623. The molecule has 1 heterocycles. The third-order valence-corrected chi connectivity index (χ3v) is 9.94. The Balaban J connectivity index is 1.40. The van der Waals surface area contributed by atoms with E-state index in [4.69, 9.17) is 0 Å². The van der Waals surface area contributed by atoms with E-state index in [2.05, 4.69) is 56.0 Å². The van der Waals surface area contributed by atoms with Crippen molar-refractivity contribution in [1.82, 2.24) is 9.88 Å². The van der Waals surface area contributed by atoms with Gasteiger partial charge >= 0.3 is 0 Å². The van der Waals surface area contributed by atoms with E-state index in [1.807, 2.05) is 12.4 Å². The van der Waals surface area contributed by atoms with Crippen molar-refractivity contribution >= 4 is 5.57 Å². The van der Waals surface area contributed by atoms with Crippen molar-refractivity contribution in [2.75, 3.05) is 14.1 Å². The molecule has 0 N–H and O–H groups in total. The lowest BCUT2D eigenvalue weighted by molar-refractivity contribution is -0.106. The van der Waals surface area contributed by atoms with Crippen LogP contribution in [0.15, 0.2) is 30.6 Å². The fourth-order valence-electron chi connectivity index (χ4n) is 8.25. The zero-order chi connectivity index (χ0) is 19.5. The molecule has 28 heavy (non-hydrogen) atoms. The number of hydrogen-bond donors (Lipinski definition) is 0. The lowest BCUT2D eigenvalue weighted by Gasteiger charge is -2.61. The lowest BCUT2D eigenvalue weighted by atomic mass is 9.44. The van der Waals surface area contributed by atoms with Crippen LogP contribution in [0.25, 0.3) is 5.57 Å². The van der Waals surface area contributed by atoms with Crippen molar-refractivity contribution in [2.45, 2.75) is 71.3 Å². The number of rotatable bonds is 2. The van der Waals surface area contributed by atoms with Gasteiger partial charge in [-0.3, -0.25) is 4.98 Å². The third kappa shape index (κ3) is 2.66. The molecule has 1 aromatic heterocycles. The highest BCUT2D eigenvalue weighted by Crippen LogP contribution is 2.67. The number of pyridine rings is 1. The summed E-state index contributed by atoms with van der Waals surface area (Å²) in [5.41, 5.74) is 4.02. The molecule has 4 aliphatic rings. The van der Waals surface area contributed by atoms with E-state index >= 15 is 0 Å². The summed E-state index contributed by atoms with van der Waals surface area (Å²) in [7, 11) is 4.58. The summed E-state index contributed by atoms with van der Waals surface area (Å²) >= 11 is 0. The molecule has 2 nitrogen and oxygen atoms in total. The number of nitrogens with zero attached hydrogens (tertiary/aromatic N) is 2. The van der Waals surface area contributed by atoms with Crippen LogP contribution >= 0.6 is 0 Å². The summed E-state index contributed by atoms with van der Waals surface area (Å²) in [6.45, 7) is 5.28. The van der Waals surface area contributed by atoms with Crippen molar-refractivity contribution in [3.8, 4) is 0 Å². The fourth-order valence-corrected chi connectivity index (χ4v) is 8.25. The van der Waals surface area contributed by atoms with Crippen molar-refractivity contribution in [3.05, 3.63) is 36.2 Å². The van der Waals surface area contributed by atoms with Gasteiger partial charge in [-0.25, -0.2) is 0 Å². The first-order valence-corrected chi connectivity index (χ1v) is 11.7. The molecule has 4 aliphatic carbocycles. The molecule has 2 heteroatoms. The van der Waals surface area contributed by atoms with Gasteiger partial charge in [-0.1, -0.05) is 19.9 Å². The van der Waals surface area contributed by atoms with Gasteiger partial charge in [0.05, 0.1) is 0 Å². The molecule has 0 radical (unpaired) electrons. The predicted molar refractivity (Wildman–Crippen MR) is 117 cm³/mol. The van der Waals surface area contributed by atoms with Crippen LogP contribution < -0.4 is 0 Å². The summed E-state index contributed by atoms with van der Waals surface area (Å²) in [4.78, 5) is 6.74.